The number of carboxylic acids is 1. The minimum atomic E-state index is -1.52. The van der Waals surface area contributed by atoms with E-state index in [0.717, 1.165) is 0 Å². The van der Waals surface area contributed by atoms with Gasteiger partial charge in [-0.2, -0.15) is 0 Å². The van der Waals surface area contributed by atoms with Gasteiger partial charge < -0.3 is 20.4 Å². The summed E-state index contributed by atoms with van der Waals surface area (Å²) in [5, 5.41) is 34.7. The maximum atomic E-state index is 10.4. The van der Waals surface area contributed by atoms with E-state index in [1.54, 1.807) is 0 Å². The van der Waals surface area contributed by atoms with Crippen molar-refractivity contribution in [3.05, 3.63) is 12.2 Å². The first-order valence-corrected chi connectivity index (χ1v) is 4.70. The Morgan fingerprint density at radius 3 is 1.47 bits per heavy atom. The highest BCUT2D eigenvalue weighted by Gasteiger charge is 2.35. The lowest BCUT2D eigenvalue weighted by molar-refractivity contribution is -0.135. The van der Waals surface area contributed by atoms with Crippen LogP contribution in [0.1, 0.15) is 20.3 Å². The van der Waals surface area contributed by atoms with Crippen LogP contribution < -0.4 is 0 Å². The lowest BCUT2D eigenvalue weighted by Crippen LogP contribution is -2.38. The van der Waals surface area contributed by atoms with Gasteiger partial charge >= 0.3 is 5.97 Å². The van der Waals surface area contributed by atoms with Gasteiger partial charge in [-0.05, 0) is 0 Å². The van der Waals surface area contributed by atoms with Gasteiger partial charge in [0.2, 0.25) is 0 Å². The quantitative estimate of drug-likeness (QED) is 0.489. The van der Waals surface area contributed by atoms with Gasteiger partial charge in [0.05, 0.1) is 25.2 Å². The van der Waals surface area contributed by atoms with Crippen LogP contribution in [0.4, 0.5) is 0 Å². The van der Waals surface area contributed by atoms with Crippen molar-refractivity contribution >= 4 is 5.97 Å². The van der Waals surface area contributed by atoms with Crippen molar-refractivity contribution in [3.8, 4) is 0 Å². The molecule has 5 nitrogen and oxygen atoms in total. The Morgan fingerprint density at radius 2 is 1.40 bits per heavy atom. The van der Waals surface area contributed by atoms with E-state index in [0.29, 0.717) is 0 Å². The second kappa shape index (κ2) is 8.40. The second-order valence-electron chi connectivity index (χ2n) is 3.25. The van der Waals surface area contributed by atoms with Gasteiger partial charge in [0.15, 0.2) is 0 Å². The molecule has 0 aromatic heterocycles. The Hall–Kier alpha value is -0.910. The summed E-state index contributed by atoms with van der Waals surface area (Å²) in [5.74, 6) is -1.34. The van der Waals surface area contributed by atoms with Crippen LogP contribution in [0.5, 0.6) is 0 Å². The molecule has 0 amide bonds. The molecule has 0 rings (SSSR count). The summed E-state index contributed by atoms with van der Waals surface area (Å²) >= 11 is 0. The molecule has 0 bridgehead atoms. The molecule has 0 saturated heterocycles. The van der Waals surface area contributed by atoms with Crippen molar-refractivity contribution in [2.24, 2.45) is 5.41 Å². The van der Waals surface area contributed by atoms with Crippen molar-refractivity contribution in [2.45, 2.75) is 20.3 Å². The predicted molar refractivity (Wildman–Crippen MR) is 56.4 cm³/mol. The second-order valence-corrected chi connectivity index (χ2v) is 3.25. The smallest absolute Gasteiger partial charge is 0.331 e. The summed E-state index contributed by atoms with van der Waals surface area (Å²) in [6.45, 7) is 5.47. The predicted octanol–water partition coefficient (Wildman–Crippen LogP) is 0.00680. The van der Waals surface area contributed by atoms with Crippen LogP contribution in [-0.4, -0.2) is 46.2 Å². The molecule has 0 saturated carbocycles. The molecule has 0 aromatic rings. The number of carboxylic acid groups (broad SMARTS) is 1. The zero-order valence-corrected chi connectivity index (χ0v) is 9.23. The average Bonchev–Trinajstić information content (AvgIpc) is 2.22. The van der Waals surface area contributed by atoms with Crippen LogP contribution in [0.2, 0.25) is 0 Å². The van der Waals surface area contributed by atoms with E-state index in [1.165, 1.54) is 6.42 Å². The average molecular weight is 220 g/mol. The van der Waals surface area contributed by atoms with Crippen molar-refractivity contribution in [1.29, 1.82) is 0 Å². The SMILES string of the molecule is C=C(C(=O)O)C(CO)(CO)CO.CCC. The van der Waals surface area contributed by atoms with Gasteiger partial charge in [0.1, 0.15) is 0 Å². The highest BCUT2D eigenvalue weighted by molar-refractivity contribution is 5.87. The van der Waals surface area contributed by atoms with Gasteiger partial charge in [-0.1, -0.05) is 26.8 Å². The molecule has 5 heteroatoms. The van der Waals surface area contributed by atoms with E-state index in [4.69, 9.17) is 20.4 Å². The summed E-state index contributed by atoms with van der Waals surface area (Å²) in [4.78, 5) is 10.4. The van der Waals surface area contributed by atoms with Crippen molar-refractivity contribution < 1.29 is 25.2 Å². The van der Waals surface area contributed by atoms with Crippen LogP contribution in [0, 0.1) is 5.41 Å². The lowest BCUT2D eigenvalue weighted by Gasteiger charge is -2.26. The normalized spacial score (nSPS) is 10.2. The van der Waals surface area contributed by atoms with E-state index in [9.17, 15) is 4.79 Å². The van der Waals surface area contributed by atoms with E-state index < -0.39 is 36.8 Å². The van der Waals surface area contributed by atoms with Gasteiger partial charge in [0.25, 0.3) is 0 Å². The van der Waals surface area contributed by atoms with Gasteiger partial charge in [-0.25, -0.2) is 4.79 Å². The molecular weight excluding hydrogens is 200 g/mol. The minimum absolute atomic E-state index is 0.394. The van der Waals surface area contributed by atoms with Crippen molar-refractivity contribution in [3.63, 3.8) is 0 Å². The van der Waals surface area contributed by atoms with E-state index in [-0.39, 0.29) is 0 Å². The molecule has 0 atom stereocenters. The number of aliphatic hydroxyl groups is 3. The molecule has 0 heterocycles. The Balaban J connectivity index is 0. The summed E-state index contributed by atoms with van der Waals surface area (Å²) in [5.41, 5.74) is -1.92. The third-order valence-corrected chi connectivity index (χ3v) is 1.81. The van der Waals surface area contributed by atoms with Gasteiger partial charge in [-0.3, -0.25) is 0 Å². The van der Waals surface area contributed by atoms with Crippen molar-refractivity contribution in [1.82, 2.24) is 0 Å². The molecule has 0 spiro atoms. The first-order valence-electron chi connectivity index (χ1n) is 4.70. The molecule has 0 unspecified atom stereocenters. The molecule has 4 N–H and O–H groups in total. The van der Waals surface area contributed by atoms with Crippen LogP contribution in [0.15, 0.2) is 12.2 Å². The topological polar surface area (TPSA) is 98.0 Å². The zero-order valence-electron chi connectivity index (χ0n) is 9.23. The summed E-state index contributed by atoms with van der Waals surface area (Å²) in [6.07, 6.45) is 1.25. The number of hydrogen-bond donors (Lipinski definition) is 4. The molecule has 0 aliphatic heterocycles. The monoisotopic (exact) mass is 220 g/mol. The fourth-order valence-electron chi connectivity index (χ4n) is 0.663. The third-order valence-electron chi connectivity index (χ3n) is 1.81. The molecule has 0 aliphatic rings. The fraction of sp³-hybridized carbons (Fsp3) is 0.700. The molecule has 0 fully saturated rings. The van der Waals surface area contributed by atoms with E-state index >= 15 is 0 Å². The van der Waals surface area contributed by atoms with Gasteiger partial charge in [-0.15, -0.1) is 0 Å². The molecule has 0 aliphatic carbocycles. The summed E-state index contributed by atoms with van der Waals surface area (Å²) < 4.78 is 0. The standard InChI is InChI=1S/C7H12O5.C3H8/c1-5(6(11)12)7(2-8,3-9)4-10;1-3-2/h8-10H,1-4H2,(H,11,12);3H2,1-2H3. The minimum Gasteiger partial charge on any atom is -0.478 e. The Bertz CT molecular complexity index is 188. The molecule has 90 valence electrons. The van der Waals surface area contributed by atoms with Gasteiger partial charge in [0, 0.05) is 5.57 Å². The molecule has 0 radical (unpaired) electrons. The zero-order chi connectivity index (χ0) is 12.5. The maximum Gasteiger partial charge on any atom is 0.331 e. The Morgan fingerprint density at radius 1 is 1.13 bits per heavy atom. The lowest BCUT2D eigenvalue weighted by atomic mass is 9.83. The van der Waals surface area contributed by atoms with Crippen LogP contribution >= 0.6 is 0 Å². The Labute approximate surface area is 89.7 Å². The van der Waals surface area contributed by atoms with Crippen molar-refractivity contribution in [2.75, 3.05) is 19.8 Å². The fourth-order valence-corrected chi connectivity index (χ4v) is 0.663. The van der Waals surface area contributed by atoms with E-state index in [1.807, 2.05) is 0 Å². The molecular formula is C10H20O5. The number of aliphatic hydroxyl groups excluding tert-OH is 3. The largest absolute Gasteiger partial charge is 0.478 e. The molecule has 15 heavy (non-hydrogen) atoms. The summed E-state index contributed by atoms with van der Waals surface area (Å²) in [7, 11) is 0. The van der Waals surface area contributed by atoms with E-state index in [2.05, 4.69) is 20.4 Å². The highest BCUT2D eigenvalue weighted by Crippen LogP contribution is 2.24. The number of hydrogen-bond acceptors (Lipinski definition) is 4. The van der Waals surface area contributed by atoms with Crippen LogP contribution in [-0.2, 0) is 4.79 Å². The highest BCUT2D eigenvalue weighted by atomic mass is 16.4. The first-order chi connectivity index (χ1) is 6.95. The van der Waals surface area contributed by atoms with Crippen LogP contribution in [0.3, 0.4) is 0 Å². The third kappa shape index (κ3) is 4.92. The van der Waals surface area contributed by atoms with Crippen LogP contribution in [0.25, 0.3) is 0 Å². The molecule has 0 aromatic carbocycles. The summed E-state index contributed by atoms with van der Waals surface area (Å²) in [6, 6.07) is 0. The number of aliphatic carboxylic acids is 1. The maximum absolute atomic E-state index is 10.4. The Kier molecular flexibility index (Phi) is 9.25. The number of rotatable bonds is 5. The first kappa shape index (κ1) is 16.5. The number of carbonyl (C=O) groups is 1.